The first-order valence-corrected chi connectivity index (χ1v) is 6.17. The van der Waals surface area contributed by atoms with Crippen molar-refractivity contribution in [1.29, 1.82) is 5.26 Å². The second-order valence-corrected chi connectivity index (χ2v) is 4.47. The fourth-order valence-electron chi connectivity index (χ4n) is 2.40. The van der Waals surface area contributed by atoms with E-state index in [4.69, 9.17) is 14.7 Å². The third-order valence-electron chi connectivity index (χ3n) is 3.35. The Kier molecular flexibility index (Phi) is 4.06. The highest BCUT2D eigenvalue weighted by molar-refractivity contribution is 5.52. The number of benzene rings is 1. The van der Waals surface area contributed by atoms with Crippen molar-refractivity contribution < 1.29 is 9.47 Å². The molecule has 1 atom stereocenters. The lowest BCUT2D eigenvalue weighted by atomic mass is 10.0. The maximum Gasteiger partial charge on any atom is 0.137 e. The van der Waals surface area contributed by atoms with Gasteiger partial charge in [-0.2, -0.15) is 5.26 Å². The highest BCUT2D eigenvalue weighted by Crippen LogP contribution is 2.30. The van der Waals surface area contributed by atoms with Crippen LogP contribution >= 0.6 is 0 Å². The van der Waals surface area contributed by atoms with E-state index in [1.807, 2.05) is 6.07 Å². The fourth-order valence-corrected chi connectivity index (χ4v) is 2.40. The van der Waals surface area contributed by atoms with Gasteiger partial charge in [-0.25, -0.2) is 0 Å². The smallest absolute Gasteiger partial charge is 0.137 e. The van der Waals surface area contributed by atoms with E-state index in [0.717, 1.165) is 24.3 Å². The number of hydrogen-bond acceptors (Lipinski definition) is 4. The number of ether oxygens (including phenoxy) is 2. The SMILES string of the molecule is COc1cc(C[C@@H]2CCCN2)c(OC)cc1C#N. The van der Waals surface area contributed by atoms with Crippen LogP contribution in [0, 0.1) is 11.3 Å². The van der Waals surface area contributed by atoms with Gasteiger partial charge in [0.1, 0.15) is 17.6 Å². The summed E-state index contributed by atoms with van der Waals surface area (Å²) in [5.74, 6) is 1.38. The molecule has 1 aliphatic heterocycles. The largest absolute Gasteiger partial charge is 0.496 e. The summed E-state index contributed by atoms with van der Waals surface area (Å²) < 4.78 is 10.6. The topological polar surface area (TPSA) is 54.3 Å². The Morgan fingerprint density at radius 1 is 1.33 bits per heavy atom. The summed E-state index contributed by atoms with van der Waals surface area (Å²) in [4.78, 5) is 0. The molecule has 0 aromatic heterocycles. The van der Waals surface area contributed by atoms with Crippen LogP contribution < -0.4 is 14.8 Å². The quantitative estimate of drug-likeness (QED) is 0.881. The van der Waals surface area contributed by atoms with Gasteiger partial charge < -0.3 is 14.8 Å². The standard InChI is InChI=1S/C14H18N2O2/c1-17-13-8-11(9-15)14(18-2)7-10(13)6-12-4-3-5-16-12/h7-8,12,16H,3-6H2,1-2H3/t12-/m0/s1. The molecule has 0 saturated carbocycles. The van der Waals surface area contributed by atoms with Gasteiger partial charge in [0.2, 0.25) is 0 Å². The molecule has 1 aromatic rings. The van der Waals surface area contributed by atoms with E-state index < -0.39 is 0 Å². The van der Waals surface area contributed by atoms with Gasteiger partial charge in [-0.1, -0.05) is 0 Å². The van der Waals surface area contributed by atoms with Crippen LogP contribution in [0.2, 0.25) is 0 Å². The molecule has 1 heterocycles. The number of nitriles is 1. The minimum atomic E-state index is 0.497. The Morgan fingerprint density at radius 2 is 2.11 bits per heavy atom. The lowest BCUT2D eigenvalue weighted by molar-refractivity contribution is 0.395. The van der Waals surface area contributed by atoms with Crippen molar-refractivity contribution in [2.24, 2.45) is 0 Å². The maximum atomic E-state index is 9.05. The number of rotatable bonds is 4. The molecule has 0 bridgehead atoms. The molecule has 0 spiro atoms. The van der Waals surface area contributed by atoms with Crippen LogP contribution in [0.4, 0.5) is 0 Å². The van der Waals surface area contributed by atoms with Crippen LogP contribution in [0.25, 0.3) is 0 Å². The Labute approximate surface area is 108 Å². The molecule has 0 amide bonds. The average Bonchev–Trinajstić information content (AvgIpc) is 2.91. The number of methoxy groups -OCH3 is 2. The molecule has 0 aliphatic carbocycles. The first-order valence-electron chi connectivity index (χ1n) is 6.17. The van der Waals surface area contributed by atoms with Gasteiger partial charge in [0, 0.05) is 12.1 Å². The Morgan fingerprint density at radius 3 is 2.67 bits per heavy atom. The lowest BCUT2D eigenvalue weighted by Gasteiger charge is -2.15. The normalized spacial score (nSPS) is 18.4. The second-order valence-electron chi connectivity index (χ2n) is 4.47. The minimum Gasteiger partial charge on any atom is -0.496 e. The predicted molar refractivity (Wildman–Crippen MR) is 69.0 cm³/mol. The zero-order valence-corrected chi connectivity index (χ0v) is 10.8. The van der Waals surface area contributed by atoms with Gasteiger partial charge in [0.25, 0.3) is 0 Å². The zero-order chi connectivity index (χ0) is 13.0. The Bertz CT molecular complexity index is 460. The van der Waals surface area contributed by atoms with Crippen LogP contribution in [0.1, 0.15) is 24.0 Å². The van der Waals surface area contributed by atoms with Crippen LogP contribution in [-0.2, 0) is 6.42 Å². The summed E-state index contributed by atoms with van der Waals surface area (Å²) >= 11 is 0. The summed E-state index contributed by atoms with van der Waals surface area (Å²) in [6.45, 7) is 1.08. The van der Waals surface area contributed by atoms with Gasteiger partial charge >= 0.3 is 0 Å². The summed E-state index contributed by atoms with van der Waals surface area (Å²) in [5, 5.41) is 12.5. The molecule has 0 unspecified atom stereocenters. The van der Waals surface area contributed by atoms with E-state index >= 15 is 0 Å². The minimum absolute atomic E-state index is 0.497. The monoisotopic (exact) mass is 246 g/mol. The van der Waals surface area contributed by atoms with E-state index in [-0.39, 0.29) is 0 Å². The molecule has 2 rings (SSSR count). The van der Waals surface area contributed by atoms with E-state index in [1.54, 1.807) is 20.3 Å². The molecule has 18 heavy (non-hydrogen) atoms. The first kappa shape index (κ1) is 12.7. The summed E-state index contributed by atoms with van der Waals surface area (Å²) in [6.07, 6.45) is 3.32. The van der Waals surface area contributed by atoms with Gasteiger partial charge in [-0.3, -0.25) is 0 Å². The molecule has 96 valence electrons. The Balaban J connectivity index is 2.29. The van der Waals surface area contributed by atoms with Crippen LogP contribution in [0.3, 0.4) is 0 Å². The molecule has 4 nitrogen and oxygen atoms in total. The third-order valence-corrected chi connectivity index (χ3v) is 3.35. The van der Waals surface area contributed by atoms with E-state index in [0.29, 0.717) is 17.4 Å². The number of hydrogen-bond donors (Lipinski definition) is 1. The maximum absolute atomic E-state index is 9.05. The van der Waals surface area contributed by atoms with Gasteiger partial charge in [-0.15, -0.1) is 0 Å². The molecule has 0 radical (unpaired) electrons. The second kappa shape index (κ2) is 5.74. The fraction of sp³-hybridized carbons (Fsp3) is 0.500. The van der Waals surface area contributed by atoms with Crippen molar-refractivity contribution in [2.75, 3.05) is 20.8 Å². The highest BCUT2D eigenvalue weighted by Gasteiger charge is 2.18. The van der Waals surface area contributed by atoms with Gasteiger partial charge in [-0.05, 0) is 37.4 Å². The van der Waals surface area contributed by atoms with Crippen molar-refractivity contribution >= 4 is 0 Å². The highest BCUT2D eigenvalue weighted by atomic mass is 16.5. The van der Waals surface area contributed by atoms with Crippen molar-refractivity contribution in [3.8, 4) is 17.6 Å². The molecule has 1 saturated heterocycles. The summed E-state index contributed by atoms with van der Waals surface area (Å²) in [6, 6.07) is 6.29. The first-order chi connectivity index (χ1) is 8.78. The summed E-state index contributed by atoms with van der Waals surface area (Å²) in [7, 11) is 3.22. The predicted octanol–water partition coefficient (Wildman–Crippen LogP) is 1.87. The van der Waals surface area contributed by atoms with Crippen LogP contribution in [0.15, 0.2) is 12.1 Å². The molecule has 1 aromatic carbocycles. The van der Waals surface area contributed by atoms with Crippen molar-refractivity contribution in [2.45, 2.75) is 25.3 Å². The lowest BCUT2D eigenvalue weighted by Crippen LogP contribution is -2.23. The summed E-state index contributed by atoms with van der Waals surface area (Å²) in [5.41, 5.74) is 1.60. The van der Waals surface area contributed by atoms with Gasteiger partial charge in [0.05, 0.1) is 19.8 Å². The number of nitrogens with one attached hydrogen (secondary N) is 1. The van der Waals surface area contributed by atoms with Crippen LogP contribution in [0.5, 0.6) is 11.5 Å². The van der Waals surface area contributed by atoms with E-state index in [9.17, 15) is 0 Å². The molecule has 1 aliphatic rings. The average molecular weight is 246 g/mol. The molecule has 1 fully saturated rings. The van der Waals surface area contributed by atoms with E-state index in [2.05, 4.69) is 11.4 Å². The number of nitrogens with zero attached hydrogens (tertiary/aromatic N) is 1. The van der Waals surface area contributed by atoms with Gasteiger partial charge in [0.15, 0.2) is 0 Å². The third kappa shape index (κ3) is 2.57. The molecule has 1 N–H and O–H groups in total. The zero-order valence-electron chi connectivity index (χ0n) is 10.8. The van der Waals surface area contributed by atoms with Crippen LogP contribution in [-0.4, -0.2) is 26.8 Å². The van der Waals surface area contributed by atoms with Crippen molar-refractivity contribution in [3.05, 3.63) is 23.3 Å². The van der Waals surface area contributed by atoms with E-state index in [1.165, 1.54) is 12.8 Å². The molecular formula is C14H18N2O2. The van der Waals surface area contributed by atoms with Crippen molar-refractivity contribution in [3.63, 3.8) is 0 Å². The Hall–Kier alpha value is -1.73. The van der Waals surface area contributed by atoms with Crippen molar-refractivity contribution in [1.82, 2.24) is 5.32 Å². The molecular weight excluding hydrogens is 228 g/mol. The molecule has 4 heteroatoms.